The van der Waals surface area contributed by atoms with Gasteiger partial charge in [0.15, 0.2) is 5.82 Å². The summed E-state index contributed by atoms with van der Waals surface area (Å²) in [4.78, 5) is 12.3. The van der Waals surface area contributed by atoms with E-state index in [2.05, 4.69) is 5.16 Å². The molecule has 0 fully saturated rings. The van der Waals surface area contributed by atoms with Gasteiger partial charge < -0.3 is 4.52 Å². The first-order chi connectivity index (χ1) is 9.62. The third-order valence-electron chi connectivity index (χ3n) is 3.29. The summed E-state index contributed by atoms with van der Waals surface area (Å²) in [6.07, 6.45) is 0.991. The Bertz CT molecular complexity index is 801. The van der Waals surface area contributed by atoms with Crippen molar-refractivity contribution >= 4 is 15.9 Å². The first kappa shape index (κ1) is 15.3. The molecule has 0 aromatic carbocycles. The number of nitrogens with zero attached hydrogens (tertiary/aromatic N) is 3. The standard InChI is InChI=1S/C13H17N3O4S/c1-8-6-11(13(17)15(4)21(5,18)19)10(3)16(8)12-7-9(2)20-14-12/h6-7H,1-5H3. The van der Waals surface area contributed by atoms with Crippen LogP contribution in [0.4, 0.5) is 0 Å². The van der Waals surface area contributed by atoms with Gasteiger partial charge >= 0.3 is 0 Å². The van der Waals surface area contributed by atoms with E-state index in [1.807, 2.05) is 6.92 Å². The zero-order chi connectivity index (χ0) is 15.9. The minimum atomic E-state index is -3.59. The average molecular weight is 311 g/mol. The highest BCUT2D eigenvalue weighted by atomic mass is 32.2. The molecule has 21 heavy (non-hydrogen) atoms. The highest BCUT2D eigenvalue weighted by Gasteiger charge is 2.25. The Kier molecular flexibility index (Phi) is 3.66. The number of sulfonamides is 1. The van der Waals surface area contributed by atoms with Crippen LogP contribution in [0.2, 0.25) is 0 Å². The van der Waals surface area contributed by atoms with E-state index >= 15 is 0 Å². The summed E-state index contributed by atoms with van der Waals surface area (Å²) in [7, 11) is -2.35. The van der Waals surface area contributed by atoms with Crippen LogP contribution in [0.1, 0.15) is 27.5 Å². The lowest BCUT2D eigenvalue weighted by Gasteiger charge is -2.14. The molecule has 0 aliphatic heterocycles. The quantitative estimate of drug-likeness (QED) is 0.856. The first-order valence-corrected chi connectivity index (χ1v) is 8.08. The van der Waals surface area contributed by atoms with Gasteiger partial charge in [-0.3, -0.25) is 9.36 Å². The molecule has 0 atom stereocenters. The molecule has 114 valence electrons. The van der Waals surface area contributed by atoms with Crippen molar-refractivity contribution in [1.29, 1.82) is 0 Å². The van der Waals surface area contributed by atoms with E-state index in [0.717, 1.165) is 16.3 Å². The molecule has 0 spiro atoms. The molecule has 2 aromatic heterocycles. The lowest BCUT2D eigenvalue weighted by Crippen LogP contribution is -2.32. The van der Waals surface area contributed by atoms with Gasteiger partial charge in [0.1, 0.15) is 5.76 Å². The fourth-order valence-corrected chi connectivity index (χ4v) is 2.51. The molecule has 8 heteroatoms. The van der Waals surface area contributed by atoms with Crippen LogP contribution >= 0.6 is 0 Å². The van der Waals surface area contributed by atoms with Crippen LogP contribution in [0.15, 0.2) is 16.7 Å². The zero-order valence-corrected chi connectivity index (χ0v) is 13.4. The fourth-order valence-electron chi connectivity index (χ4n) is 2.11. The molecule has 0 saturated carbocycles. The SMILES string of the molecule is Cc1cc(-n2c(C)cc(C(=O)N(C)S(C)(=O)=O)c2C)no1. The second-order valence-electron chi connectivity index (χ2n) is 4.95. The van der Waals surface area contributed by atoms with Crippen molar-refractivity contribution in [1.82, 2.24) is 14.0 Å². The van der Waals surface area contributed by atoms with Gasteiger partial charge in [-0.2, -0.15) is 0 Å². The van der Waals surface area contributed by atoms with Crippen molar-refractivity contribution < 1.29 is 17.7 Å². The fraction of sp³-hybridized carbons (Fsp3) is 0.385. The summed E-state index contributed by atoms with van der Waals surface area (Å²) < 4.78 is 30.5. The van der Waals surface area contributed by atoms with Gasteiger partial charge in [-0.25, -0.2) is 12.7 Å². The molecule has 0 N–H and O–H groups in total. The van der Waals surface area contributed by atoms with Crippen molar-refractivity contribution in [2.24, 2.45) is 0 Å². The van der Waals surface area contributed by atoms with Gasteiger partial charge in [-0.05, 0) is 26.8 Å². The molecule has 0 aliphatic rings. The Morgan fingerprint density at radius 2 is 1.90 bits per heavy atom. The maximum atomic E-state index is 12.3. The molecule has 0 bridgehead atoms. The van der Waals surface area contributed by atoms with Crippen molar-refractivity contribution in [2.75, 3.05) is 13.3 Å². The minimum absolute atomic E-state index is 0.320. The molecule has 2 heterocycles. The van der Waals surface area contributed by atoms with Gasteiger partial charge in [0.25, 0.3) is 5.91 Å². The maximum absolute atomic E-state index is 12.3. The summed E-state index contributed by atoms with van der Waals surface area (Å²) in [5.41, 5.74) is 1.70. The van der Waals surface area contributed by atoms with E-state index in [-0.39, 0.29) is 0 Å². The Balaban J connectivity index is 2.52. The molecule has 0 radical (unpaired) electrons. The maximum Gasteiger partial charge on any atom is 0.268 e. The van der Waals surface area contributed by atoms with Crippen molar-refractivity contribution in [2.45, 2.75) is 20.8 Å². The predicted molar refractivity (Wildman–Crippen MR) is 77.0 cm³/mol. The molecule has 0 unspecified atom stereocenters. The number of aryl methyl sites for hydroxylation is 2. The highest BCUT2D eigenvalue weighted by molar-refractivity contribution is 7.88. The number of carbonyl (C=O) groups excluding carboxylic acids is 1. The second-order valence-corrected chi connectivity index (χ2v) is 6.97. The van der Waals surface area contributed by atoms with Gasteiger partial charge in [0.2, 0.25) is 10.0 Å². The molecule has 2 rings (SSSR count). The number of aromatic nitrogens is 2. The Morgan fingerprint density at radius 3 is 2.38 bits per heavy atom. The van der Waals surface area contributed by atoms with Crippen LogP contribution < -0.4 is 0 Å². The predicted octanol–water partition coefficient (Wildman–Crippen LogP) is 1.42. The van der Waals surface area contributed by atoms with Crippen LogP contribution in [-0.2, 0) is 10.0 Å². The van der Waals surface area contributed by atoms with Crippen LogP contribution in [0.5, 0.6) is 0 Å². The number of hydrogen-bond donors (Lipinski definition) is 0. The van der Waals surface area contributed by atoms with Crippen molar-refractivity contribution in [3.63, 3.8) is 0 Å². The molecule has 0 saturated heterocycles. The zero-order valence-electron chi connectivity index (χ0n) is 12.5. The highest BCUT2D eigenvalue weighted by Crippen LogP contribution is 2.22. The number of hydrogen-bond acceptors (Lipinski definition) is 5. The van der Waals surface area contributed by atoms with Gasteiger partial charge in [0.05, 0.1) is 11.8 Å². The molecule has 2 aromatic rings. The lowest BCUT2D eigenvalue weighted by atomic mass is 10.2. The smallest absolute Gasteiger partial charge is 0.268 e. The van der Waals surface area contributed by atoms with E-state index in [9.17, 15) is 13.2 Å². The Morgan fingerprint density at radius 1 is 1.29 bits per heavy atom. The van der Waals surface area contributed by atoms with Crippen molar-refractivity contribution in [3.8, 4) is 5.82 Å². The van der Waals surface area contributed by atoms with Crippen molar-refractivity contribution in [3.05, 3.63) is 34.8 Å². The van der Waals surface area contributed by atoms with Crippen LogP contribution in [0.3, 0.4) is 0 Å². The minimum Gasteiger partial charge on any atom is -0.360 e. The van der Waals surface area contributed by atoms with E-state index in [1.165, 1.54) is 7.05 Å². The molecular formula is C13H17N3O4S. The third kappa shape index (κ3) is 2.71. The van der Waals surface area contributed by atoms with Crippen LogP contribution in [-0.4, -0.2) is 41.7 Å². The molecular weight excluding hydrogens is 294 g/mol. The van der Waals surface area contributed by atoms with E-state index < -0.39 is 15.9 Å². The number of amides is 1. The summed E-state index contributed by atoms with van der Waals surface area (Å²) in [5.74, 6) is 0.638. The molecule has 0 aliphatic carbocycles. The number of rotatable bonds is 3. The Labute approximate surface area is 123 Å². The summed E-state index contributed by atoms with van der Waals surface area (Å²) in [6.45, 7) is 5.32. The summed E-state index contributed by atoms with van der Waals surface area (Å²) >= 11 is 0. The summed E-state index contributed by atoms with van der Waals surface area (Å²) in [5, 5.41) is 3.92. The van der Waals surface area contributed by atoms with E-state index in [0.29, 0.717) is 22.8 Å². The van der Waals surface area contributed by atoms with Gasteiger partial charge in [0, 0.05) is 24.5 Å². The second kappa shape index (κ2) is 5.03. The van der Waals surface area contributed by atoms with Gasteiger partial charge in [-0.15, -0.1) is 0 Å². The van der Waals surface area contributed by atoms with Gasteiger partial charge in [-0.1, -0.05) is 5.16 Å². The first-order valence-electron chi connectivity index (χ1n) is 6.23. The molecule has 1 amide bonds. The van der Waals surface area contributed by atoms with Crippen LogP contribution in [0, 0.1) is 20.8 Å². The normalized spacial score (nSPS) is 11.7. The number of carbonyl (C=O) groups is 1. The van der Waals surface area contributed by atoms with E-state index in [1.54, 1.807) is 30.5 Å². The topological polar surface area (TPSA) is 85.4 Å². The average Bonchev–Trinajstić information content (AvgIpc) is 2.90. The van der Waals surface area contributed by atoms with Crippen LogP contribution in [0.25, 0.3) is 5.82 Å². The lowest BCUT2D eigenvalue weighted by molar-refractivity contribution is 0.0883. The molecule has 7 nitrogen and oxygen atoms in total. The summed E-state index contributed by atoms with van der Waals surface area (Å²) in [6, 6.07) is 3.39. The largest absolute Gasteiger partial charge is 0.360 e. The van der Waals surface area contributed by atoms with E-state index in [4.69, 9.17) is 4.52 Å². The Hall–Kier alpha value is -2.09. The third-order valence-corrected chi connectivity index (χ3v) is 4.45. The monoisotopic (exact) mass is 311 g/mol.